The maximum atomic E-state index is 12.4. The zero-order valence-corrected chi connectivity index (χ0v) is 14.3. The van der Waals surface area contributed by atoms with Crippen molar-refractivity contribution in [2.24, 2.45) is 0 Å². The molecule has 22 heavy (non-hydrogen) atoms. The first kappa shape index (κ1) is 15.2. The summed E-state index contributed by atoms with van der Waals surface area (Å²) in [6.07, 6.45) is 4.50. The predicted octanol–water partition coefficient (Wildman–Crippen LogP) is 3.40. The minimum atomic E-state index is -0.216. The number of benzene rings is 1. The molecule has 0 aliphatic heterocycles. The molecule has 3 aromatic rings. The third-order valence-corrected chi connectivity index (χ3v) is 5.08. The lowest BCUT2D eigenvalue weighted by Crippen LogP contribution is -2.13. The topological polar surface area (TPSA) is 82.5 Å². The Morgan fingerprint density at radius 2 is 2.05 bits per heavy atom. The van der Waals surface area contributed by atoms with Crippen LogP contribution in [0, 0.1) is 5.41 Å². The van der Waals surface area contributed by atoms with Crippen LogP contribution in [0.15, 0.2) is 51.2 Å². The van der Waals surface area contributed by atoms with E-state index in [-0.39, 0.29) is 11.4 Å². The van der Waals surface area contributed by atoms with E-state index in [0.29, 0.717) is 10.9 Å². The molecule has 2 N–H and O–H groups in total. The molecule has 0 aliphatic carbocycles. The summed E-state index contributed by atoms with van der Waals surface area (Å²) < 4.78 is 0.798. The maximum absolute atomic E-state index is 12.4. The van der Waals surface area contributed by atoms with Crippen LogP contribution < -0.4 is 5.56 Å². The highest BCUT2D eigenvalue weighted by molar-refractivity contribution is 14.1. The average molecular weight is 422 g/mol. The van der Waals surface area contributed by atoms with E-state index in [1.807, 2.05) is 24.3 Å². The van der Waals surface area contributed by atoms with E-state index in [2.05, 4.69) is 37.5 Å². The van der Waals surface area contributed by atoms with Gasteiger partial charge in [-0.15, -0.1) is 0 Å². The molecule has 0 saturated carbocycles. The molecule has 2 aromatic heterocycles. The Morgan fingerprint density at radius 1 is 1.27 bits per heavy atom. The summed E-state index contributed by atoms with van der Waals surface area (Å²) in [5.41, 5.74) is 1.48. The van der Waals surface area contributed by atoms with Gasteiger partial charge in [-0.1, -0.05) is 40.4 Å². The number of halogens is 1. The first-order chi connectivity index (χ1) is 10.7. The molecule has 0 unspecified atom stereocenters. The quantitative estimate of drug-likeness (QED) is 0.384. The monoisotopic (exact) mass is 422 g/mol. The van der Waals surface area contributed by atoms with Crippen molar-refractivity contribution in [1.29, 1.82) is 5.41 Å². The Bertz CT molecular complexity index is 895. The number of fused-ring (bicyclic) bond motifs is 1. The molecule has 1 aromatic carbocycles. The highest BCUT2D eigenvalue weighted by Gasteiger charge is 2.13. The van der Waals surface area contributed by atoms with Gasteiger partial charge in [-0.3, -0.25) is 9.78 Å². The molecule has 3 rings (SSSR count). The number of H-pyrrole nitrogens is 1. The van der Waals surface area contributed by atoms with E-state index in [1.165, 1.54) is 11.8 Å². The van der Waals surface area contributed by atoms with Crippen LogP contribution in [-0.4, -0.2) is 21.2 Å². The summed E-state index contributed by atoms with van der Waals surface area (Å²) in [6, 6.07) is 7.64. The molecule has 0 spiro atoms. The van der Waals surface area contributed by atoms with Crippen LogP contribution in [0.5, 0.6) is 0 Å². The fourth-order valence-electron chi connectivity index (χ4n) is 2.08. The van der Waals surface area contributed by atoms with Crippen molar-refractivity contribution < 1.29 is 0 Å². The number of aromatic nitrogens is 3. The minimum Gasteiger partial charge on any atom is -0.305 e. The maximum Gasteiger partial charge on any atom is 0.260 e. The SMILES string of the molecule is N=Cc1nc2ccc(CI)c(Sc3ccncc3)c2c(=O)[nH]1. The molecule has 0 atom stereocenters. The Hall–Kier alpha value is -1.74. The molecule has 0 fully saturated rings. The van der Waals surface area contributed by atoms with Gasteiger partial charge in [0.2, 0.25) is 0 Å². The first-order valence-corrected chi connectivity index (χ1v) is 8.77. The summed E-state index contributed by atoms with van der Waals surface area (Å²) >= 11 is 3.82. The van der Waals surface area contributed by atoms with E-state index in [1.54, 1.807) is 12.4 Å². The van der Waals surface area contributed by atoms with Gasteiger partial charge in [0.1, 0.15) is 0 Å². The number of aromatic amines is 1. The minimum absolute atomic E-state index is 0.216. The number of pyridine rings is 1. The summed E-state index contributed by atoms with van der Waals surface area (Å²) in [6.45, 7) is 0. The lowest BCUT2D eigenvalue weighted by Gasteiger charge is -2.10. The van der Waals surface area contributed by atoms with Crippen LogP contribution in [0.4, 0.5) is 0 Å². The van der Waals surface area contributed by atoms with Gasteiger partial charge in [-0.05, 0) is 23.8 Å². The second-order valence-electron chi connectivity index (χ2n) is 4.46. The average Bonchev–Trinajstić information content (AvgIpc) is 2.55. The molecule has 0 radical (unpaired) electrons. The summed E-state index contributed by atoms with van der Waals surface area (Å²) in [5, 5.41) is 7.83. The fraction of sp³-hybridized carbons (Fsp3) is 0.0667. The molecule has 0 aliphatic rings. The van der Waals surface area contributed by atoms with Gasteiger partial charge in [-0.2, -0.15) is 0 Å². The molecule has 7 heteroatoms. The van der Waals surface area contributed by atoms with E-state index in [0.717, 1.165) is 26.0 Å². The van der Waals surface area contributed by atoms with Crippen molar-refractivity contribution in [2.45, 2.75) is 14.2 Å². The molecule has 110 valence electrons. The Morgan fingerprint density at radius 3 is 2.73 bits per heavy atom. The zero-order chi connectivity index (χ0) is 15.5. The third-order valence-electron chi connectivity index (χ3n) is 3.08. The Kier molecular flexibility index (Phi) is 4.53. The zero-order valence-electron chi connectivity index (χ0n) is 11.3. The van der Waals surface area contributed by atoms with Crippen molar-refractivity contribution in [3.63, 3.8) is 0 Å². The van der Waals surface area contributed by atoms with Gasteiger partial charge in [0.05, 0.1) is 17.1 Å². The van der Waals surface area contributed by atoms with Crippen molar-refractivity contribution in [1.82, 2.24) is 15.0 Å². The number of hydrogen-bond donors (Lipinski definition) is 2. The normalized spacial score (nSPS) is 10.8. The van der Waals surface area contributed by atoms with E-state index in [4.69, 9.17) is 5.41 Å². The van der Waals surface area contributed by atoms with Gasteiger partial charge >= 0.3 is 0 Å². The van der Waals surface area contributed by atoms with Crippen LogP contribution in [0.3, 0.4) is 0 Å². The van der Waals surface area contributed by atoms with Crippen molar-refractivity contribution >= 4 is 51.5 Å². The van der Waals surface area contributed by atoms with E-state index >= 15 is 0 Å². The molecule has 5 nitrogen and oxygen atoms in total. The summed E-state index contributed by atoms with van der Waals surface area (Å²) in [5.74, 6) is 0.264. The van der Waals surface area contributed by atoms with Crippen LogP contribution in [-0.2, 0) is 4.43 Å². The van der Waals surface area contributed by atoms with Gasteiger partial charge in [0.15, 0.2) is 5.82 Å². The van der Waals surface area contributed by atoms with Gasteiger partial charge in [0, 0.05) is 26.6 Å². The Balaban J connectivity index is 2.26. The second kappa shape index (κ2) is 6.57. The Labute approximate surface area is 144 Å². The number of nitrogens with one attached hydrogen (secondary N) is 2. The first-order valence-electron chi connectivity index (χ1n) is 6.43. The second-order valence-corrected chi connectivity index (χ2v) is 6.31. The van der Waals surface area contributed by atoms with Crippen LogP contribution in [0.2, 0.25) is 0 Å². The lowest BCUT2D eigenvalue weighted by molar-refractivity contribution is 1.12. The standard InChI is InChI=1S/C15H11IN4OS/c16-7-9-1-2-11-13(15(21)20-12(8-17)19-11)14(9)22-10-3-5-18-6-4-10/h1-6,8,17H,7H2,(H,19,20,21). The van der Waals surface area contributed by atoms with Gasteiger partial charge < -0.3 is 10.4 Å². The van der Waals surface area contributed by atoms with E-state index < -0.39 is 0 Å². The number of rotatable bonds is 4. The van der Waals surface area contributed by atoms with Crippen LogP contribution in [0.25, 0.3) is 10.9 Å². The number of alkyl halides is 1. The van der Waals surface area contributed by atoms with Gasteiger partial charge in [-0.25, -0.2) is 4.98 Å². The molecular formula is C15H11IN4OS. The van der Waals surface area contributed by atoms with Crippen molar-refractivity contribution in [2.75, 3.05) is 0 Å². The molecule has 0 amide bonds. The lowest BCUT2D eigenvalue weighted by atomic mass is 10.1. The third kappa shape index (κ3) is 2.91. The smallest absolute Gasteiger partial charge is 0.260 e. The van der Waals surface area contributed by atoms with Crippen molar-refractivity contribution in [3.05, 3.63) is 58.4 Å². The largest absolute Gasteiger partial charge is 0.305 e. The number of hydrogen-bond acceptors (Lipinski definition) is 5. The molecule has 0 bridgehead atoms. The van der Waals surface area contributed by atoms with Crippen LogP contribution in [0.1, 0.15) is 11.4 Å². The molecule has 0 saturated heterocycles. The van der Waals surface area contributed by atoms with Gasteiger partial charge in [0.25, 0.3) is 5.56 Å². The summed E-state index contributed by atoms with van der Waals surface area (Å²) in [4.78, 5) is 25.3. The summed E-state index contributed by atoms with van der Waals surface area (Å²) in [7, 11) is 0. The van der Waals surface area contributed by atoms with Crippen molar-refractivity contribution in [3.8, 4) is 0 Å². The molecular weight excluding hydrogens is 411 g/mol. The number of nitrogens with zero attached hydrogens (tertiary/aromatic N) is 2. The van der Waals surface area contributed by atoms with E-state index in [9.17, 15) is 4.79 Å². The van der Waals surface area contributed by atoms with Crippen LogP contribution >= 0.6 is 34.4 Å². The molecule has 2 heterocycles. The highest BCUT2D eigenvalue weighted by atomic mass is 127. The highest BCUT2D eigenvalue weighted by Crippen LogP contribution is 2.35. The fourth-order valence-corrected chi connectivity index (χ4v) is 4.04. The predicted molar refractivity (Wildman–Crippen MR) is 96.3 cm³/mol.